The summed E-state index contributed by atoms with van der Waals surface area (Å²) < 4.78 is 12.6. The predicted molar refractivity (Wildman–Crippen MR) is 113 cm³/mol. The number of methoxy groups -OCH3 is 1. The van der Waals surface area contributed by atoms with Crippen molar-refractivity contribution in [3.63, 3.8) is 0 Å². The minimum Gasteiger partial charge on any atom is -0.384 e. The number of amides is 1. The lowest BCUT2D eigenvalue weighted by Gasteiger charge is -2.39. The number of rotatable bonds is 4. The Morgan fingerprint density at radius 3 is 2.77 bits per heavy atom. The fourth-order valence-electron chi connectivity index (χ4n) is 4.68. The highest BCUT2D eigenvalue weighted by Crippen LogP contribution is 2.30. The van der Waals surface area contributed by atoms with Gasteiger partial charge in [0.05, 0.1) is 35.3 Å². The van der Waals surface area contributed by atoms with Gasteiger partial charge in [0.25, 0.3) is 11.5 Å². The van der Waals surface area contributed by atoms with Gasteiger partial charge in [-0.05, 0) is 37.5 Å². The number of carbonyl (C=O) groups is 1. The van der Waals surface area contributed by atoms with Crippen LogP contribution in [0.3, 0.4) is 0 Å². The first-order valence-corrected chi connectivity index (χ1v) is 10.5. The number of aryl methyl sites for hydroxylation is 1. The van der Waals surface area contributed by atoms with Crippen molar-refractivity contribution in [1.29, 1.82) is 0 Å². The second-order valence-electron chi connectivity index (χ2n) is 8.39. The van der Waals surface area contributed by atoms with Crippen LogP contribution in [0.1, 0.15) is 34.8 Å². The van der Waals surface area contributed by atoms with Gasteiger partial charge in [0.15, 0.2) is 0 Å². The summed E-state index contributed by atoms with van der Waals surface area (Å²) in [6, 6.07) is 4.01. The fourth-order valence-corrected chi connectivity index (χ4v) is 4.68. The normalized spacial score (nSPS) is 18.3. The molecule has 30 heavy (non-hydrogen) atoms. The van der Waals surface area contributed by atoms with E-state index in [2.05, 4.69) is 10.1 Å². The number of fused-ring (bicyclic) bond motifs is 3. The van der Waals surface area contributed by atoms with E-state index in [0.29, 0.717) is 49.8 Å². The van der Waals surface area contributed by atoms with Gasteiger partial charge in [-0.25, -0.2) is 0 Å². The number of H-pyrrole nitrogens is 1. The SMILES string of the molecule is COCC1CN(C(=O)c2cc3c(cc2C)[nH]c(=O)c2cnn(C4CCOCC4)c23)C1. The standard InChI is InChI=1S/C22H26N4O4/c1-13-7-19-17(8-16(13)22(28)25-10-14(11-25)12-29-2)20-18(21(27)24-19)9-23-26(20)15-3-5-30-6-4-15/h7-9,14-15H,3-6,10-12H2,1-2H3,(H,24,27). The first-order chi connectivity index (χ1) is 14.6. The van der Waals surface area contributed by atoms with Crippen molar-refractivity contribution in [3.05, 3.63) is 39.8 Å². The first-order valence-electron chi connectivity index (χ1n) is 10.5. The maximum atomic E-state index is 13.1. The van der Waals surface area contributed by atoms with Crippen LogP contribution >= 0.6 is 0 Å². The minimum atomic E-state index is -0.153. The van der Waals surface area contributed by atoms with E-state index in [1.807, 2.05) is 28.6 Å². The Morgan fingerprint density at radius 2 is 2.03 bits per heavy atom. The quantitative estimate of drug-likeness (QED) is 0.713. The molecule has 4 heterocycles. The summed E-state index contributed by atoms with van der Waals surface area (Å²) in [7, 11) is 1.69. The van der Waals surface area contributed by atoms with E-state index in [0.717, 1.165) is 34.8 Å². The Morgan fingerprint density at radius 1 is 1.27 bits per heavy atom. The molecule has 5 rings (SSSR count). The zero-order chi connectivity index (χ0) is 20.8. The van der Waals surface area contributed by atoms with Crippen LogP contribution < -0.4 is 5.56 Å². The monoisotopic (exact) mass is 410 g/mol. The van der Waals surface area contributed by atoms with E-state index in [4.69, 9.17) is 9.47 Å². The zero-order valence-corrected chi connectivity index (χ0v) is 17.3. The van der Waals surface area contributed by atoms with Crippen LogP contribution in [-0.4, -0.2) is 65.6 Å². The molecule has 2 fully saturated rings. The third kappa shape index (κ3) is 3.11. The molecule has 0 atom stereocenters. The summed E-state index contributed by atoms with van der Waals surface area (Å²) in [5.74, 6) is 0.427. The van der Waals surface area contributed by atoms with Gasteiger partial charge in [-0.1, -0.05) is 0 Å². The summed E-state index contributed by atoms with van der Waals surface area (Å²) >= 11 is 0. The Hall–Kier alpha value is -2.71. The molecule has 0 spiro atoms. The van der Waals surface area contributed by atoms with Gasteiger partial charge in [0.1, 0.15) is 0 Å². The molecule has 2 saturated heterocycles. The van der Waals surface area contributed by atoms with Gasteiger partial charge in [0, 0.05) is 50.3 Å². The van der Waals surface area contributed by atoms with E-state index in [-0.39, 0.29) is 17.5 Å². The lowest BCUT2D eigenvalue weighted by molar-refractivity contribution is 0.0270. The molecule has 2 aliphatic rings. The molecule has 3 aromatic rings. The number of likely N-dealkylation sites (tertiary alicyclic amines) is 1. The third-order valence-electron chi connectivity index (χ3n) is 6.32. The Balaban J connectivity index is 1.60. The highest BCUT2D eigenvalue weighted by atomic mass is 16.5. The van der Waals surface area contributed by atoms with Crippen molar-refractivity contribution in [2.24, 2.45) is 5.92 Å². The molecule has 0 saturated carbocycles. The van der Waals surface area contributed by atoms with Crippen LogP contribution in [0.25, 0.3) is 21.8 Å². The van der Waals surface area contributed by atoms with Crippen LogP contribution in [0.15, 0.2) is 23.1 Å². The second kappa shape index (κ2) is 7.52. The number of nitrogens with zero attached hydrogens (tertiary/aromatic N) is 3. The summed E-state index contributed by atoms with van der Waals surface area (Å²) in [6.45, 7) is 5.39. The number of hydrogen-bond donors (Lipinski definition) is 1. The number of aromatic nitrogens is 3. The zero-order valence-electron chi connectivity index (χ0n) is 17.3. The number of nitrogens with one attached hydrogen (secondary N) is 1. The van der Waals surface area contributed by atoms with Crippen LogP contribution in [0.4, 0.5) is 0 Å². The molecule has 1 N–H and O–H groups in total. The number of benzene rings is 1. The highest BCUT2D eigenvalue weighted by molar-refractivity contribution is 6.07. The molecule has 8 nitrogen and oxygen atoms in total. The number of aromatic amines is 1. The number of pyridine rings is 1. The van der Waals surface area contributed by atoms with E-state index >= 15 is 0 Å². The van der Waals surface area contributed by atoms with Crippen LogP contribution in [0, 0.1) is 12.8 Å². The van der Waals surface area contributed by atoms with Gasteiger partial charge in [-0.15, -0.1) is 0 Å². The summed E-state index contributed by atoms with van der Waals surface area (Å²) in [6.07, 6.45) is 3.35. The van der Waals surface area contributed by atoms with Gasteiger partial charge < -0.3 is 19.4 Å². The number of ether oxygens (including phenoxy) is 2. The van der Waals surface area contributed by atoms with Crippen LogP contribution in [0.5, 0.6) is 0 Å². The molecule has 1 amide bonds. The van der Waals surface area contributed by atoms with Crippen molar-refractivity contribution in [2.45, 2.75) is 25.8 Å². The van der Waals surface area contributed by atoms with Crippen molar-refractivity contribution in [1.82, 2.24) is 19.7 Å². The topological polar surface area (TPSA) is 89.5 Å². The molecule has 1 aromatic carbocycles. The van der Waals surface area contributed by atoms with Gasteiger partial charge in [-0.3, -0.25) is 14.3 Å². The second-order valence-corrected chi connectivity index (χ2v) is 8.39. The fraction of sp³-hybridized carbons (Fsp3) is 0.500. The maximum Gasteiger partial charge on any atom is 0.259 e. The molecule has 0 aliphatic carbocycles. The lowest BCUT2D eigenvalue weighted by atomic mass is 9.97. The van der Waals surface area contributed by atoms with Crippen molar-refractivity contribution >= 4 is 27.7 Å². The third-order valence-corrected chi connectivity index (χ3v) is 6.32. The molecule has 8 heteroatoms. The molecular weight excluding hydrogens is 384 g/mol. The molecule has 2 aliphatic heterocycles. The van der Waals surface area contributed by atoms with Crippen LogP contribution in [-0.2, 0) is 9.47 Å². The Bertz CT molecular complexity index is 1170. The molecule has 0 bridgehead atoms. The molecule has 0 radical (unpaired) electrons. The largest absolute Gasteiger partial charge is 0.384 e. The lowest BCUT2D eigenvalue weighted by Crippen LogP contribution is -2.51. The van der Waals surface area contributed by atoms with E-state index < -0.39 is 0 Å². The Kier molecular flexibility index (Phi) is 4.83. The predicted octanol–water partition coefficient (Wildman–Crippen LogP) is 2.26. The van der Waals surface area contributed by atoms with Gasteiger partial charge in [0.2, 0.25) is 0 Å². The van der Waals surface area contributed by atoms with E-state index in [1.165, 1.54) is 0 Å². The molecule has 0 unspecified atom stereocenters. The van der Waals surface area contributed by atoms with Crippen molar-refractivity contribution in [2.75, 3.05) is 40.0 Å². The minimum absolute atomic E-state index is 0.0261. The number of hydrogen-bond acceptors (Lipinski definition) is 5. The van der Waals surface area contributed by atoms with Crippen molar-refractivity contribution in [3.8, 4) is 0 Å². The summed E-state index contributed by atoms with van der Waals surface area (Å²) in [5, 5.41) is 5.97. The highest BCUT2D eigenvalue weighted by Gasteiger charge is 2.32. The average molecular weight is 410 g/mol. The van der Waals surface area contributed by atoms with Gasteiger partial charge in [-0.2, -0.15) is 5.10 Å². The van der Waals surface area contributed by atoms with Gasteiger partial charge >= 0.3 is 0 Å². The molecule has 2 aromatic heterocycles. The smallest absolute Gasteiger partial charge is 0.259 e. The molecule has 158 valence electrons. The Labute approximate surface area is 173 Å². The average Bonchev–Trinajstić information content (AvgIpc) is 3.16. The molecular formula is C22H26N4O4. The van der Waals surface area contributed by atoms with Crippen LogP contribution in [0.2, 0.25) is 0 Å². The van der Waals surface area contributed by atoms with Crippen molar-refractivity contribution < 1.29 is 14.3 Å². The number of carbonyl (C=O) groups excluding carboxylic acids is 1. The maximum absolute atomic E-state index is 13.1. The van der Waals surface area contributed by atoms with E-state index in [9.17, 15) is 9.59 Å². The van der Waals surface area contributed by atoms with E-state index in [1.54, 1.807) is 13.3 Å². The summed E-state index contributed by atoms with van der Waals surface area (Å²) in [4.78, 5) is 30.6. The summed E-state index contributed by atoms with van der Waals surface area (Å²) in [5.41, 5.74) is 2.91. The first kappa shape index (κ1) is 19.3.